The van der Waals surface area contributed by atoms with Gasteiger partial charge in [-0.25, -0.2) is 0 Å². The summed E-state index contributed by atoms with van der Waals surface area (Å²) >= 11 is 0. The van der Waals surface area contributed by atoms with Crippen LogP contribution in [0, 0.1) is 5.92 Å². The molecular weight excluding hydrogens is 337 g/mol. The first-order chi connectivity index (χ1) is 11.9. The largest absolute Gasteiger partial charge is 0.482 e. The number of nitrogens with one attached hydrogen (secondary N) is 1. The maximum atomic E-state index is 13.1. The quantitative estimate of drug-likeness (QED) is 0.906. The first-order valence-electron chi connectivity index (χ1n) is 8.24. The number of carbonyl (C=O) groups is 2. The van der Waals surface area contributed by atoms with Gasteiger partial charge in [0.15, 0.2) is 6.61 Å². The minimum Gasteiger partial charge on any atom is -0.482 e. The van der Waals surface area contributed by atoms with E-state index in [1.807, 2.05) is 0 Å². The van der Waals surface area contributed by atoms with Gasteiger partial charge in [-0.3, -0.25) is 14.5 Å². The Labute approximate surface area is 143 Å². The molecular formula is C17H19F3N2O3. The zero-order valence-electron chi connectivity index (χ0n) is 13.5. The van der Waals surface area contributed by atoms with E-state index >= 15 is 0 Å². The van der Waals surface area contributed by atoms with E-state index in [9.17, 15) is 22.8 Å². The Morgan fingerprint density at radius 3 is 2.72 bits per heavy atom. The van der Waals surface area contributed by atoms with Gasteiger partial charge < -0.3 is 10.1 Å². The van der Waals surface area contributed by atoms with Crippen LogP contribution in [0.5, 0.6) is 5.75 Å². The summed E-state index contributed by atoms with van der Waals surface area (Å²) in [7, 11) is 0. The van der Waals surface area contributed by atoms with Gasteiger partial charge in [-0.15, -0.1) is 0 Å². The molecule has 0 spiro atoms. The standard InChI is InChI=1S/C17H19F3N2O3/c18-17(19,20)11-5-1-2-6-12(11)21-15(23)9-22-13-7-3-4-8-14(13)25-10-16(22)24/h3-4,7-8,11-12H,1-2,5-6,9-10H2,(H,21,23)/t11-,12+/m1/s1. The van der Waals surface area contributed by atoms with E-state index in [2.05, 4.69) is 5.32 Å². The Morgan fingerprint density at radius 1 is 1.24 bits per heavy atom. The molecule has 25 heavy (non-hydrogen) atoms. The van der Waals surface area contributed by atoms with Crippen LogP contribution in [0.4, 0.5) is 18.9 Å². The van der Waals surface area contributed by atoms with Gasteiger partial charge >= 0.3 is 6.18 Å². The number of anilines is 1. The summed E-state index contributed by atoms with van der Waals surface area (Å²) < 4.78 is 44.7. The molecule has 1 aromatic rings. The molecule has 0 unspecified atom stereocenters. The molecule has 1 heterocycles. The molecule has 1 N–H and O–H groups in total. The van der Waals surface area contributed by atoms with Crippen molar-refractivity contribution in [1.29, 1.82) is 0 Å². The van der Waals surface area contributed by atoms with Crippen molar-refractivity contribution in [3.8, 4) is 5.75 Å². The smallest absolute Gasteiger partial charge is 0.393 e. The van der Waals surface area contributed by atoms with Gasteiger partial charge in [-0.05, 0) is 25.0 Å². The van der Waals surface area contributed by atoms with E-state index in [0.29, 0.717) is 30.7 Å². The number of alkyl halides is 3. The lowest BCUT2D eigenvalue weighted by molar-refractivity contribution is -0.189. The molecule has 1 aromatic carbocycles. The molecule has 0 saturated heterocycles. The molecule has 8 heteroatoms. The summed E-state index contributed by atoms with van der Waals surface area (Å²) in [5.41, 5.74) is 0.449. The number of hydrogen-bond acceptors (Lipinski definition) is 3. The van der Waals surface area contributed by atoms with Gasteiger partial charge in [-0.1, -0.05) is 25.0 Å². The van der Waals surface area contributed by atoms with Crippen molar-refractivity contribution in [1.82, 2.24) is 5.32 Å². The molecule has 1 saturated carbocycles. The third-order valence-electron chi connectivity index (χ3n) is 4.64. The Bertz CT molecular complexity index is 663. The first-order valence-corrected chi connectivity index (χ1v) is 8.24. The van der Waals surface area contributed by atoms with Crippen molar-refractivity contribution in [3.63, 3.8) is 0 Å². The van der Waals surface area contributed by atoms with E-state index in [-0.39, 0.29) is 19.6 Å². The molecule has 2 aliphatic rings. The van der Waals surface area contributed by atoms with Crippen LogP contribution in [-0.2, 0) is 9.59 Å². The Hall–Kier alpha value is -2.25. The lowest BCUT2D eigenvalue weighted by Crippen LogP contribution is -2.51. The third-order valence-corrected chi connectivity index (χ3v) is 4.64. The van der Waals surface area contributed by atoms with Crippen LogP contribution < -0.4 is 15.0 Å². The number of hydrogen-bond donors (Lipinski definition) is 1. The molecule has 1 fully saturated rings. The van der Waals surface area contributed by atoms with Crippen LogP contribution in [-0.4, -0.2) is 37.2 Å². The number of fused-ring (bicyclic) bond motifs is 1. The minimum absolute atomic E-state index is 0.0216. The molecule has 3 rings (SSSR count). The van der Waals surface area contributed by atoms with Gasteiger partial charge in [-0.2, -0.15) is 13.2 Å². The molecule has 0 radical (unpaired) electrons. The minimum atomic E-state index is -4.33. The lowest BCUT2D eigenvalue weighted by Gasteiger charge is -2.34. The summed E-state index contributed by atoms with van der Waals surface area (Å²) in [6.07, 6.45) is -2.86. The lowest BCUT2D eigenvalue weighted by atomic mass is 9.84. The number of benzene rings is 1. The molecule has 136 valence electrons. The Balaban J connectivity index is 1.69. The summed E-state index contributed by atoms with van der Waals surface area (Å²) in [6, 6.07) is 5.81. The topological polar surface area (TPSA) is 58.6 Å². The average molecular weight is 356 g/mol. The van der Waals surface area contributed by atoms with Gasteiger partial charge in [0.05, 0.1) is 11.6 Å². The van der Waals surface area contributed by atoms with E-state index in [0.717, 1.165) is 0 Å². The molecule has 0 bridgehead atoms. The number of nitrogens with zero attached hydrogens (tertiary/aromatic N) is 1. The molecule has 1 aliphatic carbocycles. The van der Waals surface area contributed by atoms with Crippen LogP contribution in [0.3, 0.4) is 0 Å². The number of para-hydroxylation sites is 2. The maximum absolute atomic E-state index is 13.1. The SMILES string of the molecule is O=C(CN1C(=O)COc2ccccc21)N[C@H]1CCCC[C@H]1C(F)(F)F. The van der Waals surface area contributed by atoms with E-state index < -0.39 is 30.0 Å². The van der Waals surface area contributed by atoms with Crippen LogP contribution in [0.25, 0.3) is 0 Å². The van der Waals surface area contributed by atoms with Crippen molar-refractivity contribution in [2.45, 2.75) is 37.9 Å². The molecule has 1 aliphatic heterocycles. The summed E-state index contributed by atoms with van der Waals surface area (Å²) in [5, 5.41) is 2.48. The van der Waals surface area contributed by atoms with Crippen molar-refractivity contribution in [2.24, 2.45) is 5.92 Å². The second-order valence-electron chi connectivity index (χ2n) is 6.34. The van der Waals surface area contributed by atoms with Gasteiger partial charge in [0.2, 0.25) is 5.91 Å². The molecule has 0 aromatic heterocycles. The van der Waals surface area contributed by atoms with E-state index in [4.69, 9.17) is 4.74 Å². The van der Waals surface area contributed by atoms with Crippen LogP contribution in [0.2, 0.25) is 0 Å². The number of carbonyl (C=O) groups excluding carboxylic acids is 2. The van der Waals surface area contributed by atoms with E-state index in [1.165, 1.54) is 4.90 Å². The highest BCUT2D eigenvalue weighted by atomic mass is 19.4. The van der Waals surface area contributed by atoms with Crippen molar-refractivity contribution < 1.29 is 27.5 Å². The molecule has 5 nitrogen and oxygen atoms in total. The van der Waals surface area contributed by atoms with Gasteiger partial charge in [0.25, 0.3) is 5.91 Å². The average Bonchev–Trinajstić information content (AvgIpc) is 2.57. The second-order valence-corrected chi connectivity index (χ2v) is 6.34. The second kappa shape index (κ2) is 6.93. The highest BCUT2D eigenvalue weighted by Gasteiger charge is 2.46. The fourth-order valence-electron chi connectivity index (χ4n) is 3.42. The molecule has 2 atom stereocenters. The Morgan fingerprint density at radius 2 is 1.96 bits per heavy atom. The zero-order valence-corrected chi connectivity index (χ0v) is 13.5. The normalized spacial score (nSPS) is 23.6. The predicted octanol–water partition coefficient (Wildman–Crippen LogP) is 2.65. The van der Waals surface area contributed by atoms with Gasteiger partial charge in [0.1, 0.15) is 12.3 Å². The predicted molar refractivity (Wildman–Crippen MR) is 84.2 cm³/mol. The fraction of sp³-hybridized carbons (Fsp3) is 0.529. The van der Waals surface area contributed by atoms with Gasteiger partial charge in [0, 0.05) is 6.04 Å². The maximum Gasteiger partial charge on any atom is 0.393 e. The monoisotopic (exact) mass is 356 g/mol. The van der Waals surface area contributed by atoms with Crippen LogP contribution in [0.1, 0.15) is 25.7 Å². The van der Waals surface area contributed by atoms with Crippen molar-refractivity contribution in [3.05, 3.63) is 24.3 Å². The third kappa shape index (κ3) is 3.88. The number of halogens is 3. The van der Waals surface area contributed by atoms with Crippen LogP contribution >= 0.6 is 0 Å². The number of ether oxygens (including phenoxy) is 1. The summed E-state index contributed by atoms with van der Waals surface area (Å²) in [5.74, 6) is -2.05. The zero-order chi connectivity index (χ0) is 18.0. The first kappa shape index (κ1) is 17.6. The number of amides is 2. The Kier molecular flexibility index (Phi) is 4.87. The highest BCUT2D eigenvalue weighted by molar-refractivity contribution is 6.02. The van der Waals surface area contributed by atoms with Crippen LogP contribution in [0.15, 0.2) is 24.3 Å². The molecule has 2 amide bonds. The van der Waals surface area contributed by atoms with Crippen molar-refractivity contribution >= 4 is 17.5 Å². The highest BCUT2D eigenvalue weighted by Crippen LogP contribution is 2.38. The summed E-state index contributed by atoms with van der Waals surface area (Å²) in [6.45, 7) is -0.515. The van der Waals surface area contributed by atoms with Crippen molar-refractivity contribution in [2.75, 3.05) is 18.1 Å². The fourth-order valence-corrected chi connectivity index (χ4v) is 3.42. The van der Waals surface area contributed by atoms with E-state index in [1.54, 1.807) is 24.3 Å². The summed E-state index contributed by atoms with van der Waals surface area (Å²) in [4.78, 5) is 25.6. The number of rotatable bonds is 3.